The molecule has 1 aromatic carbocycles. The van der Waals surface area contributed by atoms with Gasteiger partial charge in [0.05, 0.1) is 18.7 Å². The second-order valence-electron chi connectivity index (χ2n) is 4.33. The average molecular weight is 352 g/mol. The van der Waals surface area contributed by atoms with Crippen LogP contribution in [0.15, 0.2) is 45.8 Å². The number of carboxylic acid groups (broad SMARTS) is 1. The summed E-state index contributed by atoms with van der Waals surface area (Å²) in [5.41, 5.74) is 0.796. The Balaban J connectivity index is 2.14. The number of hydrogen-bond acceptors (Lipinski definition) is 5. The molecule has 6 nitrogen and oxygen atoms in total. The SMILES string of the molecule is C=CCN(CC(=O)O)Cc1nnc(-c2ccccc2Br)o1. The van der Waals surface area contributed by atoms with Gasteiger partial charge in [0.1, 0.15) is 0 Å². The van der Waals surface area contributed by atoms with Gasteiger partial charge in [-0.25, -0.2) is 0 Å². The number of halogens is 1. The predicted octanol–water partition coefficient (Wildman–Crippen LogP) is 2.57. The Morgan fingerprint density at radius 1 is 1.43 bits per heavy atom. The summed E-state index contributed by atoms with van der Waals surface area (Å²) >= 11 is 3.42. The number of hydrogen-bond donors (Lipinski definition) is 1. The Bertz CT molecular complexity index is 642. The van der Waals surface area contributed by atoms with Crippen molar-refractivity contribution in [3.8, 4) is 11.5 Å². The lowest BCUT2D eigenvalue weighted by Gasteiger charge is -2.15. The molecule has 1 heterocycles. The van der Waals surface area contributed by atoms with E-state index in [0.717, 1.165) is 10.0 Å². The maximum Gasteiger partial charge on any atom is 0.317 e. The molecule has 2 rings (SSSR count). The number of nitrogens with zero attached hydrogens (tertiary/aromatic N) is 3. The van der Waals surface area contributed by atoms with Crippen molar-refractivity contribution < 1.29 is 14.3 Å². The van der Waals surface area contributed by atoms with Crippen LogP contribution in [0, 0.1) is 0 Å². The first-order valence-corrected chi connectivity index (χ1v) is 7.01. The molecule has 0 aliphatic rings. The highest BCUT2D eigenvalue weighted by Crippen LogP contribution is 2.26. The van der Waals surface area contributed by atoms with E-state index in [-0.39, 0.29) is 13.1 Å². The summed E-state index contributed by atoms with van der Waals surface area (Å²) in [4.78, 5) is 12.4. The normalized spacial score (nSPS) is 10.8. The van der Waals surface area contributed by atoms with Crippen LogP contribution in [-0.2, 0) is 11.3 Å². The van der Waals surface area contributed by atoms with Gasteiger partial charge < -0.3 is 9.52 Å². The lowest BCUT2D eigenvalue weighted by atomic mass is 10.2. The molecule has 0 spiro atoms. The molecule has 110 valence electrons. The summed E-state index contributed by atoms with van der Waals surface area (Å²) in [6.07, 6.45) is 1.63. The summed E-state index contributed by atoms with van der Waals surface area (Å²) in [6, 6.07) is 7.51. The minimum atomic E-state index is -0.914. The van der Waals surface area contributed by atoms with Crippen molar-refractivity contribution in [2.45, 2.75) is 6.54 Å². The van der Waals surface area contributed by atoms with Gasteiger partial charge in [-0.3, -0.25) is 9.69 Å². The highest BCUT2D eigenvalue weighted by molar-refractivity contribution is 9.10. The molecule has 1 N–H and O–H groups in total. The van der Waals surface area contributed by atoms with E-state index in [1.165, 1.54) is 0 Å². The van der Waals surface area contributed by atoms with Crippen molar-refractivity contribution >= 4 is 21.9 Å². The van der Waals surface area contributed by atoms with E-state index >= 15 is 0 Å². The van der Waals surface area contributed by atoms with Crippen LogP contribution in [0.1, 0.15) is 5.89 Å². The third-order valence-corrected chi connectivity index (χ3v) is 3.37. The van der Waals surface area contributed by atoms with E-state index in [9.17, 15) is 4.79 Å². The lowest BCUT2D eigenvalue weighted by Crippen LogP contribution is -2.29. The Hall–Kier alpha value is -1.99. The van der Waals surface area contributed by atoms with Crippen molar-refractivity contribution in [2.24, 2.45) is 0 Å². The topological polar surface area (TPSA) is 79.5 Å². The number of rotatable bonds is 7. The van der Waals surface area contributed by atoms with Gasteiger partial charge in [0.15, 0.2) is 0 Å². The van der Waals surface area contributed by atoms with E-state index in [1.54, 1.807) is 11.0 Å². The second-order valence-corrected chi connectivity index (χ2v) is 5.19. The highest BCUT2D eigenvalue weighted by Gasteiger charge is 2.15. The van der Waals surface area contributed by atoms with E-state index < -0.39 is 5.97 Å². The molecule has 0 saturated heterocycles. The van der Waals surface area contributed by atoms with Gasteiger partial charge in [0.2, 0.25) is 11.8 Å². The van der Waals surface area contributed by atoms with Crippen LogP contribution in [-0.4, -0.2) is 39.3 Å². The smallest absolute Gasteiger partial charge is 0.317 e. The van der Waals surface area contributed by atoms with Gasteiger partial charge in [-0.15, -0.1) is 16.8 Å². The molecule has 0 unspecified atom stereocenters. The Kier molecular flexibility index (Phi) is 5.24. The van der Waals surface area contributed by atoms with Crippen molar-refractivity contribution in [2.75, 3.05) is 13.1 Å². The van der Waals surface area contributed by atoms with Crippen LogP contribution in [0.2, 0.25) is 0 Å². The molecule has 1 aromatic heterocycles. The molecule has 21 heavy (non-hydrogen) atoms. The van der Waals surface area contributed by atoms with E-state index in [4.69, 9.17) is 9.52 Å². The lowest BCUT2D eigenvalue weighted by molar-refractivity contribution is -0.138. The average Bonchev–Trinajstić information content (AvgIpc) is 2.87. The molecule has 0 atom stereocenters. The van der Waals surface area contributed by atoms with E-state index in [1.807, 2.05) is 24.3 Å². The molecule has 0 bridgehead atoms. The Labute approximate surface area is 130 Å². The standard InChI is InChI=1S/C14H14BrN3O3/c1-2-7-18(9-13(19)20)8-12-16-17-14(21-12)10-5-3-4-6-11(10)15/h2-6H,1,7-9H2,(H,19,20). The summed E-state index contributed by atoms with van der Waals surface area (Å²) in [6.45, 7) is 4.18. The number of carbonyl (C=O) groups is 1. The minimum Gasteiger partial charge on any atom is -0.480 e. The van der Waals surface area contributed by atoms with Gasteiger partial charge in [0.25, 0.3) is 0 Å². The van der Waals surface area contributed by atoms with Gasteiger partial charge in [-0.05, 0) is 28.1 Å². The zero-order valence-corrected chi connectivity index (χ0v) is 12.8. The van der Waals surface area contributed by atoms with Crippen molar-refractivity contribution in [1.29, 1.82) is 0 Å². The van der Waals surface area contributed by atoms with Gasteiger partial charge in [-0.2, -0.15) is 0 Å². The fourth-order valence-electron chi connectivity index (χ4n) is 1.81. The minimum absolute atomic E-state index is 0.112. The highest BCUT2D eigenvalue weighted by atomic mass is 79.9. The van der Waals surface area contributed by atoms with E-state index in [2.05, 4.69) is 32.7 Å². The zero-order valence-electron chi connectivity index (χ0n) is 11.2. The van der Waals surface area contributed by atoms with Crippen LogP contribution in [0.5, 0.6) is 0 Å². The number of aromatic nitrogens is 2. The molecule has 7 heteroatoms. The molecule has 0 aliphatic carbocycles. The third-order valence-electron chi connectivity index (χ3n) is 2.68. The summed E-state index contributed by atoms with van der Waals surface area (Å²) in [5, 5.41) is 16.8. The number of benzene rings is 1. The first-order valence-electron chi connectivity index (χ1n) is 6.22. The first kappa shape index (κ1) is 15.4. The quantitative estimate of drug-likeness (QED) is 0.772. The third kappa shape index (κ3) is 4.24. The largest absolute Gasteiger partial charge is 0.480 e. The Morgan fingerprint density at radius 3 is 2.86 bits per heavy atom. The maximum absolute atomic E-state index is 10.8. The molecule has 0 fully saturated rings. The maximum atomic E-state index is 10.8. The zero-order chi connectivity index (χ0) is 15.2. The monoisotopic (exact) mass is 351 g/mol. The first-order chi connectivity index (χ1) is 10.1. The summed E-state index contributed by atoms with van der Waals surface area (Å²) in [5.74, 6) is -0.155. The van der Waals surface area contributed by atoms with Crippen molar-refractivity contribution in [3.05, 3.63) is 47.3 Å². The molecular weight excluding hydrogens is 338 g/mol. The fourth-order valence-corrected chi connectivity index (χ4v) is 2.27. The molecule has 0 amide bonds. The molecule has 0 radical (unpaired) electrons. The van der Waals surface area contributed by atoms with Crippen LogP contribution < -0.4 is 0 Å². The number of aliphatic carboxylic acids is 1. The molecule has 0 aliphatic heterocycles. The van der Waals surface area contributed by atoms with E-state index in [0.29, 0.717) is 18.3 Å². The Morgan fingerprint density at radius 2 is 2.19 bits per heavy atom. The molecule has 0 saturated carbocycles. The van der Waals surface area contributed by atoms with Crippen molar-refractivity contribution in [3.63, 3.8) is 0 Å². The van der Waals surface area contributed by atoms with Gasteiger partial charge in [-0.1, -0.05) is 18.2 Å². The summed E-state index contributed by atoms with van der Waals surface area (Å²) in [7, 11) is 0. The van der Waals surface area contributed by atoms with Crippen molar-refractivity contribution in [1.82, 2.24) is 15.1 Å². The second kappa shape index (κ2) is 7.14. The number of carboxylic acids is 1. The van der Waals surface area contributed by atoms with Gasteiger partial charge >= 0.3 is 5.97 Å². The van der Waals surface area contributed by atoms with Crippen LogP contribution in [0.25, 0.3) is 11.5 Å². The van der Waals surface area contributed by atoms with Crippen LogP contribution >= 0.6 is 15.9 Å². The van der Waals surface area contributed by atoms with Gasteiger partial charge in [0, 0.05) is 11.0 Å². The van der Waals surface area contributed by atoms with Crippen LogP contribution in [0.4, 0.5) is 0 Å². The fraction of sp³-hybridized carbons (Fsp3) is 0.214. The molecule has 2 aromatic rings. The summed E-state index contributed by atoms with van der Waals surface area (Å²) < 4.78 is 6.44. The predicted molar refractivity (Wildman–Crippen MR) is 80.5 cm³/mol. The van der Waals surface area contributed by atoms with Crippen LogP contribution in [0.3, 0.4) is 0 Å². The molecular formula is C14H14BrN3O3.